The molecule has 0 saturated heterocycles. The van der Waals surface area contributed by atoms with Crippen LogP contribution in [0, 0.1) is 17.0 Å². The molecule has 7 heteroatoms. The maximum Gasteiger partial charge on any atom is 0.332 e. The normalized spacial score (nSPS) is 10.7. The van der Waals surface area contributed by atoms with Crippen molar-refractivity contribution in [2.24, 2.45) is 0 Å². The van der Waals surface area contributed by atoms with Crippen LogP contribution in [0.1, 0.15) is 45.7 Å². The van der Waals surface area contributed by atoms with Crippen molar-refractivity contribution >= 4 is 17.5 Å². The molecule has 0 spiro atoms. The molecule has 0 bridgehead atoms. The van der Waals surface area contributed by atoms with Crippen LogP contribution in [-0.2, 0) is 0 Å². The van der Waals surface area contributed by atoms with Gasteiger partial charge in [0.1, 0.15) is 5.69 Å². The lowest BCUT2D eigenvalue weighted by Gasteiger charge is -2.16. The maximum absolute atomic E-state index is 11.2. The molecule has 0 fully saturated rings. The Hall–Kier alpha value is -1.92. The smallest absolute Gasteiger partial charge is 0.332 e. The van der Waals surface area contributed by atoms with Crippen LogP contribution in [0.25, 0.3) is 0 Å². The summed E-state index contributed by atoms with van der Waals surface area (Å²) in [6.45, 7) is 8.49. The van der Waals surface area contributed by atoms with Crippen molar-refractivity contribution < 1.29 is 4.92 Å². The van der Waals surface area contributed by atoms with Crippen molar-refractivity contribution in [3.63, 3.8) is 0 Å². The summed E-state index contributed by atoms with van der Waals surface area (Å²) < 4.78 is 0. The van der Waals surface area contributed by atoms with E-state index in [1.165, 1.54) is 0 Å². The summed E-state index contributed by atoms with van der Waals surface area (Å²) >= 11 is 0. The second kappa shape index (κ2) is 7.62. The van der Waals surface area contributed by atoms with Crippen molar-refractivity contribution in [2.45, 2.75) is 53.0 Å². The maximum atomic E-state index is 11.2. The van der Waals surface area contributed by atoms with Crippen LogP contribution < -0.4 is 10.6 Å². The van der Waals surface area contributed by atoms with Gasteiger partial charge in [0.05, 0.1) is 4.92 Å². The predicted octanol–water partition coefficient (Wildman–Crippen LogP) is 3.12. The Bertz CT molecular complexity index is 460. The molecular weight excluding hydrogens is 258 g/mol. The predicted molar refractivity (Wildman–Crippen MR) is 80.2 cm³/mol. The van der Waals surface area contributed by atoms with Crippen molar-refractivity contribution in [1.82, 2.24) is 9.97 Å². The van der Waals surface area contributed by atoms with Gasteiger partial charge in [0.25, 0.3) is 0 Å². The monoisotopic (exact) mass is 281 g/mol. The van der Waals surface area contributed by atoms with Crippen molar-refractivity contribution in [3.8, 4) is 0 Å². The van der Waals surface area contributed by atoms with E-state index in [1.54, 1.807) is 6.92 Å². The molecule has 1 aromatic rings. The number of nitro groups is 1. The third-order valence-electron chi connectivity index (χ3n) is 3.10. The van der Waals surface area contributed by atoms with Gasteiger partial charge in [-0.25, -0.2) is 4.98 Å². The summed E-state index contributed by atoms with van der Waals surface area (Å²) in [6, 6.07) is 0.169. The SMILES string of the molecule is CCCNc1nc(C)c([N+](=O)[O-])c(NC(CC)CC)n1. The summed E-state index contributed by atoms with van der Waals surface area (Å²) in [4.78, 5) is 19.2. The highest BCUT2D eigenvalue weighted by molar-refractivity contribution is 5.61. The van der Waals surface area contributed by atoms with E-state index in [2.05, 4.69) is 20.6 Å². The number of nitrogens with one attached hydrogen (secondary N) is 2. The van der Waals surface area contributed by atoms with Crippen LogP contribution in [0.3, 0.4) is 0 Å². The average molecular weight is 281 g/mol. The number of aromatic nitrogens is 2. The van der Waals surface area contributed by atoms with Crippen LogP contribution in [-0.4, -0.2) is 27.5 Å². The number of anilines is 2. The molecule has 0 atom stereocenters. The van der Waals surface area contributed by atoms with Crippen LogP contribution in [0.4, 0.5) is 17.5 Å². The van der Waals surface area contributed by atoms with Gasteiger partial charge >= 0.3 is 5.69 Å². The van der Waals surface area contributed by atoms with Gasteiger partial charge in [-0.15, -0.1) is 0 Å². The Labute approximate surface area is 119 Å². The molecule has 1 rings (SSSR count). The van der Waals surface area contributed by atoms with Gasteiger partial charge in [-0.1, -0.05) is 20.8 Å². The summed E-state index contributed by atoms with van der Waals surface area (Å²) in [5.74, 6) is 0.734. The Morgan fingerprint density at radius 1 is 1.25 bits per heavy atom. The Morgan fingerprint density at radius 2 is 1.90 bits per heavy atom. The zero-order valence-electron chi connectivity index (χ0n) is 12.6. The van der Waals surface area contributed by atoms with Gasteiger partial charge < -0.3 is 10.6 Å². The van der Waals surface area contributed by atoms with Crippen LogP contribution in [0.15, 0.2) is 0 Å². The fourth-order valence-electron chi connectivity index (χ4n) is 1.89. The van der Waals surface area contributed by atoms with Crippen molar-refractivity contribution in [1.29, 1.82) is 0 Å². The van der Waals surface area contributed by atoms with E-state index in [9.17, 15) is 10.1 Å². The molecule has 0 aliphatic rings. The van der Waals surface area contributed by atoms with E-state index >= 15 is 0 Å². The molecule has 1 aromatic heterocycles. The van der Waals surface area contributed by atoms with E-state index in [1.807, 2.05) is 20.8 Å². The summed E-state index contributed by atoms with van der Waals surface area (Å²) in [5, 5.41) is 17.4. The number of hydrogen-bond acceptors (Lipinski definition) is 6. The van der Waals surface area contributed by atoms with Crippen LogP contribution in [0.5, 0.6) is 0 Å². The van der Waals surface area contributed by atoms with Crippen LogP contribution in [0.2, 0.25) is 0 Å². The molecule has 0 aromatic carbocycles. The fraction of sp³-hybridized carbons (Fsp3) is 0.692. The molecule has 7 nitrogen and oxygen atoms in total. The summed E-state index contributed by atoms with van der Waals surface area (Å²) in [5.41, 5.74) is 0.330. The topological polar surface area (TPSA) is 93.0 Å². The largest absolute Gasteiger partial charge is 0.361 e. The molecule has 20 heavy (non-hydrogen) atoms. The fourth-order valence-corrected chi connectivity index (χ4v) is 1.89. The lowest BCUT2D eigenvalue weighted by atomic mass is 10.1. The highest BCUT2D eigenvalue weighted by Crippen LogP contribution is 2.27. The number of rotatable bonds is 8. The standard InChI is InChI=1S/C13H23N5O2/c1-5-8-14-13-15-9(4)11(18(19)20)12(17-13)16-10(6-2)7-3/h10H,5-8H2,1-4H3,(H2,14,15,16,17). The Kier molecular flexibility index (Phi) is 6.14. The minimum Gasteiger partial charge on any atom is -0.361 e. The van der Waals surface area contributed by atoms with Crippen molar-refractivity contribution in [2.75, 3.05) is 17.2 Å². The highest BCUT2D eigenvalue weighted by atomic mass is 16.6. The Morgan fingerprint density at radius 3 is 2.40 bits per heavy atom. The van der Waals surface area contributed by atoms with E-state index in [0.29, 0.717) is 17.5 Å². The first kappa shape index (κ1) is 16.1. The minimum absolute atomic E-state index is 0.0426. The zero-order valence-corrected chi connectivity index (χ0v) is 12.6. The molecule has 0 radical (unpaired) electrons. The third-order valence-corrected chi connectivity index (χ3v) is 3.10. The first-order valence-electron chi connectivity index (χ1n) is 7.06. The second-order valence-corrected chi connectivity index (χ2v) is 4.67. The molecule has 0 unspecified atom stereocenters. The van der Waals surface area contributed by atoms with Gasteiger partial charge in [-0.3, -0.25) is 10.1 Å². The van der Waals surface area contributed by atoms with Crippen LogP contribution >= 0.6 is 0 Å². The second-order valence-electron chi connectivity index (χ2n) is 4.67. The minimum atomic E-state index is -0.427. The quantitative estimate of drug-likeness (QED) is 0.561. The first-order valence-corrected chi connectivity index (χ1v) is 7.06. The summed E-state index contributed by atoms with van der Waals surface area (Å²) in [7, 11) is 0. The first-order chi connectivity index (χ1) is 9.53. The molecule has 2 N–H and O–H groups in total. The molecule has 0 saturated carbocycles. The van der Waals surface area contributed by atoms with Gasteiger partial charge in [0.15, 0.2) is 0 Å². The van der Waals surface area contributed by atoms with Gasteiger partial charge in [-0.05, 0) is 26.2 Å². The third kappa shape index (κ3) is 4.04. The van der Waals surface area contributed by atoms with E-state index in [0.717, 1.165) is 25.8 Å². The number of aryl methyl sites for hydroxylation is 1. The highest BCUT2D eigenvalue weighted by Gasteiger charge is 2.23. The molecule has 1 heterocycles. The molecular formula is C13H23N5O2. The summed E-state index contributed by atoms with van der Waals surface area (Å²) in [6.07, 6.45) is 2.71. The zero-order chi connectivity index (χ0) is 15.1. The van der Waals surface area contributed by atoms with Gasteiger partial charge in [-0.2, -0.15) is 4.98 Å². The number of nitrogens with zero attached hydrogens (tertiary/aromatic N) is 3. The average Bonchev–Trinajstić information content (AvgIpc) is 2.41. The molecule has 0 amide bonds. The molecule has 112 valence electrons. The molecule has 0 aliphatic carbocycles. The van der Waals surface area contributed by atoms with E-state index in [4.69, 9.17) is 0 Å². The van der Waals surface area contributed by atoms with E-state index < -0.39 is 4.92 Å². The number of hydrogen-bond donors (Lipinski definition) is 2. The van der Waals surface area contributed by atoms with Crippen molar-refractivity contribution in [3.05, 3.63) is 15.8 Å². The van der Waals surface area contributed by atoms with Gasteiger partial charge in [0, 0.05) is 12.6 Å². The lowest BCUT2D eigenvalue weighted by Crippen LogP contribution is -2.20. The van der Waals surface area contributed by atoms with Gasteiger partial charge in [0.2, 0.25) is 11.8 Å². The molecule has 0 aliphatic heterocycles. The van der Waals surface area contributed by atoms with E-state index in [-0.39, 0.29) is 11.7 Å². The lowest BCUT2D eigenvalue weighted by molar-refractivity contribution is -0.385. The Balaban J connectivity index is 3.14.